The van der Waals surface area contributed by atoms with Crippen LogP contribution in [0.25, 0.3) is 0 Å². The molecular formula is C28H61N3O6Si2. The Bertz CT molecular complexity index is 696. The van der Waals surface area contributed by atoms with Crippen LogP contribution in [-0.4, -0.2) is 91.9 Å². The highest BCUT2D eigenvalue weighted by molar-refractivity contribution is 6.74. The molecule has 2 amide bonds. The smallest absolute Gasteiger partial charge is 0.407 e. The molecule has 0 aromatic heterocycles. The van der Waals surface area contributed by atoms with E-state index in [1.165, 1.54) is 0 Å². The Morgan fingerprint density at radius 1 is 0.641 bits per heavy atom. The SMILES string of the molecule is CC(C)(C)OC(=O)NCCCCNC(=O)OCCN(CCO[Si](C)(C)C(C)(C)C)CCO[Si](C)(C)C(C)(C)C. The van der Waals surface area contributed by atoms with Crippen LogP contribution in [-0.2, 0) is 18.3 Å². The van der Waals surface area contributed by atoms with Crippen molar-refractivity contribution in [1.29, 1.82) is 0 Å². The van der Waals surface area contributed by atoms with Crippen LogP contribution in [0.15, 0.2) is 0 Å². The van der Waals surface area contributed by atoms with Crippen LogP contribution in [0.4, 0.5) is 9.59 Å². The largest absolute Gasteiger partial charge is 0.448 e. The molecule has 0 bridgehead atoms. The zero-order valence-electron chi connectivity index (χ0n) is 27.5. The monoisotopic (exact) mass is 591 g/mol. The highest BCUT2D eigenvalue weighted by Gasteiger charge is 2.38. The number of alkyl carbamates (subject to hydrolysis) is 2. The predicted octanol–water partition coefficient (Wildman–Crippen LogP) is 6.36. The van der Waals surface area contributed by atoms with Crippen molar-refractivity contribution in [3.05, 3.63) is 0 Å². The van der Waals surface area contributed by atoms with E-state index in [1.807, 2.05) is 20.8 Å². The third kappa shape index (κ3) is 17.3. The Labute approximate surface area is 241 Å². The van der Waals surface area contributed by atoms with E-state index in [2.05, 4.69) is 83.3 Å². The molecule has 0 rings (SSSR count). The number of rotatable bonds is 16. The molecule has 2 N–H and O–H groups in total. The highest BCUT2D eigenvalue weighted by Crippen LogP contribution is 2.37. The topological polar surface area (TPSA) is 98.4 Å². The van der Waals surface area contributed by atoms with Gasteiger partial charge in [-0.05, 0) is 69.9 Å². The van der Waals surface area contributed by atoms with E-state index in [0.29, 0.717) is 39.5 Å². The van der Waals surface area contributed by atoms with Gasteiger partial charge in [0.15, 0.2) is 16.6 Å². The number of hydrogen-bond donors (Lipinski definition) is 2. The Balaban J connectivity index is 4.52. The summed E-state index contributed by atoms with van der Waals surface area (Å²) in [5.41, 5.74) is -0.513. The fourth-order valence-corrected chi connectivity index (χ4v) is 4.96. The van der Waals surface area contributed by atoms with E-state index >= 15 is 0 Å². The Morgan fingerprint density at radius 2 is 1.03 bits per heavy atom. The summed E-state index contributed by atoms with van der Waals surface area (Å²) < 4.78 is 23.4. The van der Waals surface area contributed by atoms with Gasteiger partial charge >= 0.3 is 12.2 Å². The molecule has 0 saturated heterocycles. The lowest BCUT2D eigenvalue weighted by Gasteiger charge is -2.38. The lowest BCUT2D eigenvalue weighted by molar-refractivity contribution is 0.0526. The molecular weight excluding hydrogens is 530 g/mol. The van der Waals surface area contributed by atoms with E-state index in [0.717, 1.165) is 25.9 Å². The van der Waals surface area contributed by atoms with Gasteiger partial charge in [0.05, 0.1) is 0 Å². The van der Waals surface area contributed by atoms with Crippen molar-refractivity contribution in [2.75, 3.05) is 52.5 Å². The van der Waals surface area contributed by atoms with Gasteiger partial charge in [-0.1, -0.05) is 41.5 Å². The molecule has 0 saturated carbocycles. The number of ether oxygens (including phenoxy) is 2. The van der Waals surface area contributed by atoms with Gasteiger partial charge in [-0.2, -0.15) is 0 Å². The summed E-state index contributed by atoms with van der Waals surface area (Å²) in [6, 6.07) is 0. The zero-order valence-corrected chi connectivity index (χ0v) is 29.5. The van der Waals surface area contributed by atoms with Gasteiger partial charge in [0.2, 0.25) is 0 Å². The van der Waals surface area contributed by atoms with Crippen LogP contribution >= 0.6 is 0 Å². The van der Waals surface area contributed by atoms with Crippen LogP contribution in [0.1, 0.15) is 75.2 Å². The van der Waals surface area contributed by atoms with Crippen LogP contribution in [0.5, 0.6) is 0 Å². The molecule has 0 aromatic rings. The second-order valence-corrected chi connectivity index (χ2v) is 23.9. The minimum Gasteiger partial charge on any atom is -0.448 e. The van der Waals surface area contributed by atoms with Crippen molar-refractivity contribution in [3.8, 4) is 0 Å². The first-order valence-electron chi connectivity index (χ1n) is 14.5. The number of nitrogens with one attached hydrogen (secondary N) is 2. The maximum absolute atomic E-state index is 12.2. The number of carbonyl (C=O) groups excluding carboxylic acids is 2. The summed E-state index contributed by atoms with van der Waals surface area (Å²) in [5, 5.41) is 5.82. The number of unbranched alkanes of at least 4 members (excludes halogenated alkanes) is 1. The van der Waals surface area contributed by atoms with E-state index < -0.39 is 34.4 Å². The average Bonchev–Trinajstić information content (AvgIpc) is 2.72. The van der Waals surface area contributed by atoms with Crippen molar-refractivity contribution in [3.63, 3.8) is 0 Å². The summed E-state index contributed by atoms with van der Waals surface area (Å²) >= 11 is 0. The summed E-state index contributed by atoms with van der Waals surface area (Å²) in [6.45, 7) is 32.7. The molecule has 0 radical (unpaired) electrons. The van der Waals surface area contributed by atoms with Crippen LogP contribution in [0, 0.1) is 0 Å². The number of nitrogens with zero attached hydrogens (tertiary/aromatic N) is 1. The van der Waals surface area contributed by atoms with Crippen molar-refractivity contribution >= 4 is 28.8 Å². The van der Waals surface area contributed by atoms with Crippen LogP contribution in [0.2, 0.25) is 36.3 Å². The van der Waals surface area contributed by atoms with E-state index in [-0.39, 0.29) is 10.1 Å². The van der Waals surface area contributed by atoms with Crippen molar-refractivity contribution in [2.45, 2.75) is 117 Å². The van der Waals surface area contributed by atoms with Crippen molar-refractivity contribution < 1.29 is 27.9 Å². The van der Waals surface area contributed by atoms with E-state index in [4.69, 9.17) is 18.3 Å². The molecule has 0 aliphatic heterocycles. The molecule has 0 fully saturated rings. The number of amides is 2. The maximum Gasteiger partial charge on any atom is 0.407 e. The zero-order chi connectivity index (χ0) is 30.5. The maximum atomic E-state index is 12.2. The lowest BCUT2D eigenvalue weighted by Crippen LogP contribution is -2.45. The fourth-order valence-electron chi connectivity index (χ4n) is 2.89. The first-order valence-corrected chi connectivity index (χ1v) is 20.3. The quantitative estimate of drug-likeness (QED) is 0.159. The summed E-state index contributed by atoms with van der Waals surface area (Å²) in [7, 11) is -3.65. The molecule has 11 heteroatoms. The first kappa shape index (κ1) is 37.9. The van der Waals surface area contributed by atoms with Crippen LogP contribution in [0.3, 0.4) is 0 Å². The molecule has 0 unspecified atom stereocenters. The summed E-state index contributed by atoms with van der Waals surface area (Å²) in [5.74, 6) is 0. The molecule has 0 aliphatic rings. The normalized spacial score (nSPS) is 13.4. The van der Waals surface area contributed by atoms with Crippen molar-refractivity contribution in [2.24, 2.45) is 0 Å². The molecule has 0 aromatic carbocycles. The number of hydrogen-bond acceptors (Lipinski definition) is 7. The predicted molar refractivity (Wildman–Crippen MR) is 166 cm³/mol. The highest BCUT2D eigenvalue weighted by atomic mass is 28.4. The van der Waals surface area contributed by atoms with Gasteiger partial charge in [-0.15, -0.1) is 0 Å². The standard InChI is InChI=1S/C28H61N3O6Si2/c1-26(2,3)37-25(33)30-17-15-14-16-29-24(32)34-21-18-31(19-22-35-38(10,11)27(4,5)6)20-23-36-39(12,13)28(7,8)9/h14-23H2,1-13H3,(H,29,32)(H,30,33). The molecule has 0 atom stereocenters. The van der Waals surface area contributed by atoms with Gasteiger partial charge in [0.1, 0.15) is 12.2 Å². The Hall–Kier alpha value is -1.15. The minimum absolute atomic E-state index is 0.163. The molecule has 0 spiro atoms. The van der Waals surface area contributed by atoms with Gasteiger partial charge in [0.25, 0.3) is 0 Å². The van der Waals surface area contributed by atoms with Gasteiger partial charge in [-0.3, -0.25) is 4.90 Å². The third-order valence-electron chi connectivity index (χ3n) is 7.53. The molecule has 232 valence electrons. The molecule has 39 heavy (non-hydrogen) atoms. The molecule has 9 nitrogen and oxygen atoms in total. The van der Waals surface area contributed by atoms with Gasteiger partial charge in [-0.25, -0.2) is 9.59 Å². The Kier molecular flexibility index (Phi) is 15.9. The lowest BCUT2D eigenvalue weighted by atomic mass is 10.2. The molecule has 0 heterocycles. The molecule has 0 aliphatic carbocycles. The minimum atomic E-state index is -1.83. The Morgan fingerprint density at radius 3 is 1.41 bits per heavy atom. The average molecular weight is 592 g/mol. The van der Waals surface area contributed by atoms with E-state index in [9.17, 15) is 9.59 Å². The van der Waals surface area contributed by atoms with Crippen LogP contribution < -0.4 is 10.6 Å². The number of carbonyl (C=O) groups is 2. The van der Waals surface area contributed by atoms with Gasteiger partial charge < -0.3 is 29.0 Å². The summed E-state index contributed by atoms with van der Waals surface area (Å²) in [6.07, 6.45) is 0.608. The van der Waals surface area contributed by atoms with E-state index in [1.54, 1.807) is 0 Å². The van der Waals surface area contributed by atoms with Gasteiger partial charge in [0, 0.05) is 45.9 Å². The first-order chi connectivity index (χ1) is 17.6. The second-order valence-electron chi connectivity index (χ2n) is 14.3. The second kappa shape index (κ2) is 16.3. The fraction of sp³-hybridized carbons (Fsp3) is 0.929. The summed E-state index contributed by atoms with van der Waals surface area (Å²) in [4.78, 5) is 26.1. The van der Waals surface area contributed by atoms with Crippen molar-refractivity contribution in [1.82, 2.24) is 15.5 Å². The third-order valence-corrected chi connectivity index (χ3v) is 16.6.